The Morgan fingerprint density at radius 3 is 1.58 bits per heavy atom. The van der Waals surface area contributed by atoms with Crippen LogP contribution in [-0.2, 0) is 28.6 Å². The maximum Gasteiger partial charge on any atom is 0.306 e. The maximum absolute atomic E-state index is 12.6. The summed E-state index contributed by atoms with van der Waals surface area (Å²) in [6.45, 7) is 4.60. The van der Waals surface area contributed by atoms with Gasteiger partial charge in [0.1, 0.15) is 12.6 Å². The minimum atomic E-state index is -1.13. The summed E-state index contributed by atoms with van der Waals surface area (Å²) in [5.41, 5.74) is 0. The molecule has 0 spiro atoms. The average molecular weight is 708 g/mol. The predicted octanol–water partition coefficient (Wildman–Crippen LogP) is 9.19. The third-order valence-electron chi connectivity index (χ3n) is 9.09. The maximum atomic E-state index is 12.6. The Morgan fingerprint density at radius 1 is 0.600 bits per heavy atom. The number of carbonyl (C=O) groups excluding carboxylic acids is 3. The van der Waals surface area contributed by atoms with Gasteiger partial charge in [-0.05, 0) is 44.9 Å². The number of nitrogens with zero attached hydrogens (tertiary/aromatic N) is 1. The largest absolute Gasteiger partial charge is 0.544 e. The Morgan fingerprint density at radius 2 is 1.06 bits per heavy atom. The summed E-state index contributed by atoms with van der Waals surface area (Å²) in [4.78, 5) is 36.6. The van der Waals surface area contributed by atoms with Crippen molar-refractivity contribution < 1.29 is 38.2 Å². The monoisotopic (exact) mass is 708 g/mol. The number of allylic oxidation sites excluding steroid dienone is 4. The average Bonchev–Trinajstić information content (AvgIpc) is 3.06. The molecule has 2 atom stereocenters. The number of ether oxygens (including phenoxy) is 3. The van der Waals surface area contributed by atoms with E-state index in [-0.39, 0.29) is 42.7 Å². The minimum Gasteiger partial charge on any atom is -0.544 e. The van der Waals surface area contributed by atoms with Crippen molar-refractivity contribution in [1.29, 1.82) is 0 Å². The van der Waals surface area contributed by atoms with E-state index < -0.39 is 18.1 Å². The van der Waals surface area contributed by atoms with Crippen LogP contribution in [-0.4, -0.2) is 75.5 Å². The quantitative estimate of drug-likeness (QED) is 0.0277. The fourth-order valence-electron chi connectivity index (χ4n) is 5.86. The summed E-state index contributed by atoms with van der Waals surface area (Å²) >= 11 is 0. The molecule has 0 aromatic carbocycles. The molecule has 0 rings (SSSR count). The molecule has 0 aliphatic carbocycles. The van der Waals surface area contributed by atoms with Gasteiger partial charge in [0.25, 0.3) is 0 Å². The zero-order valence-corrected chi connectivity index (χ0v) is 33.1. The second kappa shape index (κ2) is 33.9. The lowest BCUT2D eigenvalue weighted by Gasteiger charge is -2.34. The second-order valence-electron chi connectivity index (χ2n) is 14.9. The summed E-state index contributed by atoms with van der Waals surface area (Å²) in [7, 11) is 5.40. The molecule has 2 unspecified atom stereocenters. The number of esters is 2. The second-order valence-corrected chi connectivity index (χ2v) is 14.9. The van der Waals surface area contributed by atoms with Crippen molar-refractivity contribution in [2.24, 2.45) is 0 Å². The van der Waals surface area contributed by atoms with Crippen molar-refractivity contribution >= 4 is 17.9 Å². The predicted molar refractivity (Wildman–Crippen MR) is 204 cm³/mol. The van der Waals surface area contributed by atoms with Crippen LogP contribution in [0.5, 0.6) is 0 Å². The smallest absolute Gasteiger partial charge is 0.306 e. The highest BCUT2D eigenvalue weighted by molar-refractivity contribution is 5.70. The molecule has 0 aliphatic rings. The molecule has 0 radical (unpaired) electrons. The number of unbranched alkanes of at least 4 members (excludes halogenated alkanes) is 18. The van der Waals surface area contributed by atoms with E-state index in [1.54, 1.807) is 21.1 Å². The van der Waals surface area contributed by atoms with Crippen molar-refractivity contribution in [2.45, 2.75) is 187 Å². The topological polar surface area (TPSA) is 102 Å². The van der Waals surface area contributed by atoms with Crippen LogP contribution in [0.4, 0.5) is 0 Å². The van der Waals surface area contributed by atoms with Crippen molar-refractivity contribution in [2.75, 3.05) is 41.0 Å². The Hall–Kier alpha value is -2.19. The van der Waals surface area contributed by atoms with Crippen molar-refractivity contribution in [3.8, 4) is 0 Å². The van der Waals surface area contributed by atoms with Crippen LogP contribution in [0, 0.1) is 0 Å². The van der Waals surface area contributed by atoms with Gasteiger partial charge in [0.2, 0.25) is 0 Å². The summed E-state index contributed by atoms with van der Waals surface area (Å²) in [6, 6.07) is -0.722. The van der Waals surface area contributed by atoms with E-state index in [0.29, 0.717) is 12.8 Å². The number of carboxylic acids is 1. The number of carbonyl (C=O) groups is 3. The summed E-state index contributed by atoms with van der Waals surface area (Å²) in [6.07, 6.45) is 34.8. The van der Waals surface area contributed by atoms with Crippen LogP contribution in [0.2, 0.25) is 0 Å². The molecule has 50 heavy (non-hydrogen) atoms. The zero-order chi connectivity index (χ0) is 37.1. The van der Waals surface area contributed by atoms with Crippen molar-refractivity contribution in [3.63, 3.8) is 0 Å². The van der Waals surface area contributed by atoms with Crippen molar-refractivity contribution in [1.82, 2.24) is 0 Å². The van der Waals surface area contributed by atoms with E-state index >= 15 is 0 Å². The fraction of sp³-hybridized carbons (Fsp3) is 0.833. The fourth-order valence-corrected chi connectivity index (χ4v) is 5.86. The minimum absolute atomic E-state index is 0.0413. The van der Waals surface area contributed by atoms with E-state index in [4.69, 9.17) is 14.2 Å². The van der Waals surface area contributed by atoms with Crippen LogP contribution in [0.15, 0.2) is 24.3 Å². The third-order valence-corrected chi connectivity index (χ3v) is 9.09. The number of quaternary nitrogens is 1. The molecule has 8 nitrogen and oxygen atoms in total. The highest BCUT2D eigenvalue weighted by Crippen LogP contribution is 2.14. The van der Waals surface area contributed by atoms with Gasteiger partial charge in [-0.25, -0.2) is 0 Å². The molecule has 0 aromatic heterocycles. The molecule has 8 heteroatoms. The highest BCUT2D eigenvalue weighted by Gasteiger charge is 2.25. The van der Waals surface area contributed by atoms with E-state index in [2.05, 4.69) is 38.2 Å². The Labute approximate surface area is 307 Å². The first kappa shape index (κ1) is 47.8. The van der Waals surface area contributed by atoms with Crippen molar-refractivity contribution in [3.05, 3.63) is 24.3 Å². The molecule has 0 heterocycles. The van der Waals surface area contributed by atoms with Crippen LogP contribution < -0.4 is 5.11 Å². The molecule has 0 aromatic rings. The first-order chi connectivity index (χ1) is 24.1. The molecule has 0 fully saturated rings. The highest BCUT2D eigenvalue weighted by atomic mass is 16.6. The zero-order valence-electron chi connectivity index (χ0n) is 33.1. The van der Waals surface area contributed by atoms with Gasteiger partial charge >= 0.3 is 11.9 Å². The molecule has 0 N–H and O–H groups in total. The molecule has 292 valence electrons. The molecule has 0 aliphatic heterocycles. The van der Waals surface area contributed by atoms with Crippen LogP contribution >= 0.6 is 0 Å². The number of carboxylic acid groups (broad SMARTS) is 1. The van der Waals surface area contributed by atoms with E-state index in [1.807, 2.05) is 0 Å². The number of hydrogen-bond acceptors (Lipinski definition) is 7. The molecule has 0 bridgehead atoms. The van der Waals surface area contributed by atoms with Gasteiger partial charge in [-0.15, -0.1) is 0 Å². The number of hydrogen-bond donors (Lipinski definition) is 0. The molecule has 0 saturated carbocycles. The SMILES string of the molecule is CCCCC/C=C/C/C=C/CCCCCCCCCC(=O)OCC(COCCC(C(=O)[O-])[N+](C)(C)C)OC(=O)CCCCCCCCCCC. The molecule has 0 amide bonds. The van der Waals surface area contributed by atoms with Crippen LogP contribution in [0.1, 0.15) is 174 Å². The lowest BCUT2D eigenvalue weighted by Crippen LogP contribution is -2.55. The normalized spacial score (nSPS) is 13.2. The molecular weight excluding hydrogens is 630 g/mol. The van der Waals surface area contributed by atoms with E-state index in [0.717, 1.165) is 51.4 Å². The van der Waals surface area contributed by atoms with E-state index in [1.165, 1.54) is 89.9 Å². The summed E-state index contributed by atoms with van der Waals surface area (Å²) in [5.74, 6) is -1.74. The number of likely N-dealkylation sites (N-methyl/N-ethyl adjacent to an activating group) is 1. The van der Waals surface area contributed by atoms with Crippen LogP contribution in [0.3, 0.4) is 0 Å². The number of aliphatic carboxylic acids is 1. The summed E-state index contributed by atoms with van der Waals surface area (Å²) < 4.78 is 17.1. The first-order valence-corrected chi connectivity index (χ1v) is 20.4. The lowest BCUT2D eigenvalue weighted by molar-refractivity contribution is -0.889. The Bertz CT molecular complexity index is 880. The van der Waals surface area contributed by atoms with Crippen LogP contribution in [0.25, 0.3) is 0 Å². The standard InChI is InChI=1S/C42H77NO7/c1-6-8-10-12-14-16-17-18-19-20-21-22-23-25-26-28-30-32-40(44)49-37-38(36-48-35-34-39(42(46)47)43(3,4)5)50-41(45)33-31-29-27-24-15-13-11-9-7-2/h14,16,18-19,38-39H,6-13,15,17,20-37H2,1-5H3/b16-14+,19-18+. The lowest BCUT2D eigenvalue weighted by atomic mass is 10.1. The Balaban J connectivity index is 4.32. The molecule has 0 saturated heterocycles. The van der Waals surface area contributed by atoms with Gasteiger partial charge in [-0.1, -0.05) is 134 Å². The summed E-state index contributed by atoms with van der Waals surface area (Å²) in [5, 5.41) is 11.6. The van der Waals surface area contributed by atoms with Gasteiger partial charge in [-0.2, -0.15) is 0 Å². The number of rotatable bonds is 36. The molecular formula is C42H77NO7. The first-order valence-electron chi connectivity index (χ1n) is 20.4. The van der Waals surface area contributed by atoms with Gasteiger partial charge in [0.15, 0.2) is 6.10 Å². The third kappa shape index (κ3) is 31.8. The van der Waals surface area contributed by atoms with Gasteiger partial charge in [0, 0.05) is 19.3 Å². The van der Waals surface area contributed by atoms with E-state index in [9.17, 15) is 19.5 Å². The van der Waals surface area contributed by atoms with Gasteiger partial charge in [-0.3, -0.25) is 9.59 Å². The Kier molecular flexibility index (Phi) is 32.4. The van der Waals surface area contributed by atoms with Gasteiger partial charge in [0.05, 0.1) is 40.3 Å². The van der Waals surface area contributed by atoms with Gasteiger partial charge < -0.3 is 28.6 Å².